The molecule has 1 atom stereocenters. The number of carbonyl (C=O) groups is 2. The van der Waals surface area contributed by atoms with Crippen LogP contribution in [0.4, 0.5) is 10.1 Å². The molecule has 0 radical (unpaired) electrons. The molecular formula is C13H14FN3O4. The van der Waals surface area contributed by atoms with Crippen molar-refractivity contribution < 1.29 is 18.9 Å². The molecule has 0 aromatic heterocycles. The molecule has 21 heavy (non-hydrogen) atoms. The standard InChI is InChI=1S/C13H14FN3O4/c1-7-5-8(17(20)21)6-9(11(7)14)12(18)15-10-3-4-16(2)13(10)19/h5-6,10H,3-4H2,1-2H3,(H,15,18). The minimum atomic E-state index is -0.826. The van der Waals surface area contributed by atoms with Crippen LogP contribution in [0.3, 0.4) is 0 Å². The Morgan fingerprint density at radius 3 is 2.71 bits per heavy atom. The quantitative estimate of drug-likeness (QED) is 0.665. The van der Waals surface area contributed by atoms with E-state index in [-0.39, 0.29) is 17.2 Å². The number of non-ortho nitro benzene ring substituents is 1. The fourth-order valence-corrected chi connectivity index (χ4v) is 2.21. The van der Waals surface area contributed by atoms with E-state index < -0.39 is 28.3 Å². The van der Waals surface area contributed by atoms with Crippen LogP contribution in [0, 0.1) is 22.9 Å². The molecule has 0 aliphatic carbocycles. The number of rotatable bonds is 3. The Hall–Kier alpha value is -2.51. The van der Waals surface area contributed by atoms with E-state index in [4.69, 9.17) is 0 Å². The fourth-order valence-electron chi connectivity index (χ4n) is 2.21. The lowest BCUT2D eigenvalue weighted by atomic mass is 10.1. The van der Waals surface area contributed by atoms with Gasteiger partial charge in [0.05, 0.1) is 10.5 Å². The van der Waals surface area contributed by atoms with Gasteiger partial charge in [-0.1, -0.05) is 0 Å². The van der Waals surface area contributed by atoms with E-state index in [0.29, 0.717) is 13.0 Å². The number of nitro benzene ring substituents is 1. The first-order chi connectivity index (χ1) is 9.81. The molecular weight excluding hydrogens is 281 g/mol. The van der Waals surface area contributed by atoms with Crippen LogP contribution < -0.4 is 5.32 Å². The van der Waals surface area contributed by atoms with E-state index in [0.717, 1.165) is 12.1 Å². The van der Waals surface area contributed by atoms with Crippen molar-refractivity contribution in [3.8, 4) is 0 Å². The largest absolute Gasteiger partial charge is 0.344 e. The summed E-state index contributed by atoms with van der Waals surface area (Å²) in [7, 11) is 1.60. The number of likely N-dealkylation sites (tertiary alicyclic amines) is 1. The van der Waals surface area contributed by atoms with Crippen molar-refractivity contribution in [1.29, 1.82) is 0 Å². The first kappa shape index (κ1) is 14.9. The van der Waals surface area contributed by atoms with E-state index in [9.17, 15) is 24.1 Å². The highest BCUT2D eigenvalue weighted by atomic mass is 19.1. The highest BCUT2D eigenvalue weighted by Crippen LogP contribution is 2.21. The van der Waals surface area contributed by atoms with Gasteiger partial charge in [0.15, 0.2) is 0 Å². The number of nitro groups is 1. The Labute approximate surface area is 119 Å². The minimum Gasteiger partial charge on any atom is -0.344 e. The Morgan fingerprint density at radius 1 is 1.52 bits per heavy atom. The molecule has 0 saturated carbocycles. The monoisotopic (exact) mass is 295 g/mol. The number of carbonyl (C=O) groups excluding carboxylic acids is 2. The van der Waals surface area contributed by atoms with Gasteiger partial charge in [-0.3, -0.25) is 19.7 Å². The maximum atomic E-state index is 14.0. The summed E-state index contributed by atoms with van der Waals surface area (Å²) in [5, 5.41) is 13.2. The van der Waals surface area contributed by atoms with Gasteiger partial charge in [-0.25, -0.2) is 4.39 Å². The number of nitrogens with one attached hydrogen (secondary N) is 1. The number of benzene rings is 1. The number of aryl methyl sites for hydroxylation is 1. The van der Waals surface area contributed by atoms with Gasteiger partial charge in [0.1, 0.15) is 11.9 Å². The maximum absolute atomic E-state index is 14.0. The summed E-state index contributed by atoms with van der Waals surface area (Å²) in [6.45, 7) is 1.84. The number of hydrogen-bond donors (Lipinski definition) is 1. The number of amides is 2. The number of hydrogen-bond acceptors (Lipinski definition) is 4. The Kier molecular flexibility index (Phi) is 3.88. The summed E-state index contributed by atoms with van der Waals surface area (Å²) in [5.74, 6) is -1.91. The number of likely N-dealkylation sites (N-methyl/N-ethyl adjacent to an activating group) is 1. The van der Waals surface area contributed by atoms with Crippen LogP contribution in [0.1, 0.15) is 22.3 Å². The zero-order valence-corrected chi connectivity index (χ0v) is 11.6. The average Bonchev–Trinajstić information content (AvgIpc) is 2.73. The van der Waals surface area contributed by atoms with Crippen molar-refractivity contribution in [2.24, 2.45) is 0 Å². The van der Waals surface area contributed by atoms with Crippen molar-refractivity contribution in [2.45, 2.75) is 19.4 Å². The SMILES string of the molecule is Cc1cc([N+](=O)[O-])cc(C(=O)NC2CCN(C)C2=O)c1F. The van der Waals surface area contributed by atoms with E-state index in [1.165, 1.54) is 11.8 Å². The fraction of sp³-hybridized carbons (Fsp3) is 0.385. The third kappa shape index (κ3) is 2.83. The van der Waals surface area contributed by atoms with E-state index in [1.807, 2.05) is 0 Å². The summed E-state index contributed by atoms with van der Waals surface area (Å²) < 4.78 is 14.0. The number of nitrogens with zero attached hydrogens (tertiary/aromatic N) is 2. The van der Waals surface area contributed by atoms with Gasteiger partial charge < -0.3 is 10.2 Å². The lowest BCUT2D eigenvalue weighted by Gasteiger charge is -2.13. The van der Waals surface area contributed by atoms with Crippen LogP contribution in [0.25, 0.3) is 0 Å². The molecule has 0 spiro atoms. The summed E-state index contributed by atoms with van der Waals surface area (Å²) in [6, 6.07) is 1.21. The minimum absolute atomic E-state index is 0.00390. The molecule has 1 aliphatic heterocycles. The predicted octanol–water partition coefficient (Wildman–Crippen LogP) is 1.00. The lowest BCUT2D eigenvalue weighted by Crippen LogP contribution is -2.40. The van der Waals surface area contributed by atoms with Crippen molar-refractivity contribution in [3.63, 3.8) is 0 Å². The molecule has 7 nitrogen and oxygen atoms in total. The normalized spacial score (nSPS) is 18.0. The molecule has 1 saturated heterocycles. The van der Waals surface area contributed by atoms with Gasteiger partial charge >= 0.3 is 0 Å². The zero-order valence-electron chi connectivity index (χ0n) is 11.6. The predicted molar refractivity (Wildman–Crippen MR) is 71.3 cm³/mol. The van der Waals surface area contributed by atoms with Gasteiger partial charge in [0, 0.05) is 25.7 Å². The molecule has 1 aliphatic rings. The number of halogens is 1. The molecule has 2 amide bonds. The van der Waals surface area contributed by atoms with Crippen LogP contribution in [-0.4, -0.2) is 41.3 Å². The Balaban J connectivity index is 2.27. The molecule has 1 aromatic carbocycles. The third-order valence-electron chi connectivity index (χ3n) is 3.43. The van der Waals surface area contributed by atoms with Crippen molar-refractivity contribution in [2.75, 3.05) is 13.6 Å². The maximum Gasteiger partial charge on any atom is 0.270 e. The van der Waals surface area contributed by atoms with Crippen LogP contribution in [0.15, 0.2) is 12.1 Å². The molecule has 112 valence electrons. The molecule has 0 bridgehead atoms. The van der Waals surface area contributed by atoms with Gasteiger partial charge in [0.2, 0.25) is 5.91 Å². The van der Waals surface area contributed by atoms with Crippen LogP contribution in [0.2, 0.25) is 0 Å². The smallest absolute Gasteiger partial charge is 0.270 e. The van der Waals surface area contributed by atoms with Crippen molar-refractivity contribution in [3.05, 3.63) is 39.2 Å². The van der Waals surface area contributed by atoms with E-state index >= 15 is 0 Å². The topological polar surface area (TPSA) is 92.5 Å². The Morgan fingerprint density at radius 2 is 2.19 bits per heavy atom. The summed E-state index contributed by atoms with van der Waals surface area (Å²) >= 11 is 0. The molecule has 8 heteroatoms. The average molecular weight is 295 g/mol. The summed E-state index contributed by atoms with van der Waals surface area (Å²) in [5.41, 5.74) is -0.790. The first-order valence-electron chi connectivity index (χ1n) is 6.31. The van der Waals surface area contributed by atoms with Crippen LogP contribution in [-0.2, 0) is 4.79 Å². The van der Waals surface area contributed by atoms with Gasteiger partial charge in [0.25, 0.3) is 11.6 Å². The third-order valence-corrected chi connectivity index (χ3v) is 3.43. The van der Waals surface area contributed by atoms with E-state index in [1.54, 1.807) is 7.05 Å². The van der Waals surface area contributed by atoms with Crippen molar-refractivity contribution in [1.82, 2.24) is 10.2 Å². The second-order valence-corrected chi connectivity index (χ2v) is 4.96. The second-order valence-electron chi connectivity index (χ2n) is 4.96. The van der Waals surface area contributed by atoms with Gasteiger partial charge in [-0.15, -0.1) is 0 Å². The van der Waals surface area contributed by atoms with Gasteiger partial charge in [-0.2, -0.15) is 0 Å². The van der Waals surface area contributed by atoms with Crippen LogP contribution >= 0.6 is 0 Å². The molecule has 1 unspecified atom stereocenters. The molecule has 1 fully saturated rings. The van der Waals surface area contributed by atoms with E-state index in [2.05, 4.69) is 5.32 Å². The summed E-state index contributed by atoms with van der Waals surface area (Å²) in [4.78, 5) is 35.3. The first-order valence-corrected chi connectivity index (χ1v) is 6.31. The second kappa shape index (κ2) is 5.47. The lowest BCUT2D eigenvalue weighted by molar-refractivity contribution is -0.385. The molecule has 1 N–H and O–H groups in total. The molecule has 1 heterocycles. The van der Waals surface area contributed by atoms with Crippen molar-refractivity contribution >= 4 is 17.5 Å². The highest BCUT2D eigenvalue weighted by molar-refractivity contribution is 5.98. The highest BCUT2D eigenvalue weighted by Gasteiger charge is 2.31. The summed E-state index contributed by atoms with van der Waals surface area (Å²) in [6.07, 6.45) is 0.427. The van der Waals surface area contributed by atoms with Gasteiger partial charge in [-0.05, 0) is 18.9 Å². The zero-order chi connectivity index (χ0) is 15.7. The Bertz CT molecular complexity index is 632. The molecule has 2 rings (SSSR count). The molecule has 1 aromatic rings. The van der Waals surface area contributed by atoms with Crippen LogP contribution in [0.5, 0.6) is 0 Å².